The SMILES string of the molecule is O=C(O)C1=CC(c2cc(-c3ccccn3)nc(-c3ccccn3)c2)=C(C2=CC=CCS2)SC1. The maximum absolute atomic E-state index is 11.8. The summed E-state index contributed by atoms with van der Waals surface area (Å²) in [5, 5.41) is 9.70. The van der Waals surface area contributed by atoms with Gasteiger partial charge in [0.15, 0.2) is 0 Å². The number of hydrogen-bond acceptors (Lipinski definition) is 6. The molecule has 33 heavy (non-hydrogen) atoms. The van der Waals surface area contributed by atoms with Crippen molar-refractivity contribution < 1.29 is 9.90 Å². The van der Waals surface area contributed by atoms with Gasteiger partial charge in [-0.25, -0.2) is 9.78 Å². The van der Waals surface area contributed by atoms with Gasteiger partial charge in [0.2, 0.25) is 0 Å². The molecule has 1 N–H and O–H groups in total. The molecule has 2 aliphatic rings. The van der Waals surface area contributed by atoms with Crippen LogP contribution in [0.1, 0.15) is 5.56 Å². The lowest BCUT2D eigenvalue weighted by molar-refractivity contribution is -0.132. The van der Waals surface area contributed by atoms with Crippen LogP contribution in [0.2, 0.25) is 0 Å². The van der Waals surface area contributed by atoms with E-state index in [0.717, 1.165) is 38.1 Å². The molecule has 2 aliphatic heterocycles. The van der Waals surface area contributed by atoms with E-state index in [1.807, 2.05) is 48.5 Å². The minimum Gasteiger partial charge on any atom is -0.478 e. The van der Waals surface area contributed by atoms with Crippen LogP contribution in [-0.4, -0.2) is 37.5 Å². The van der Waals surface area contributed by atoms with Gasteiger partial charge in [-0.1, -0.05) is 24.3 Å². The molecule has 162 valence electrons. The van der Waals surface area contributed by atoms with Crippen molar-refractivity contribution in [3.8, 4) is 22.8 Å². The highest BCUT2D eigenvalue weighted by Crippen LogP contribution is 2.44. The van der Waals surface area contributed by atoms with Gasteiger partial charge in [0.1, 0.15) is 0 Å². The Balaban J connectivity index is 1.74. The Labute approximate surface area is 200 Å². The van der Waals surface area contributed by atoms with E-state index in [2.05, 4.69) is 28.2 Å². The van der Waals surface area contributed by atoms with Gasteiger partial charge in [0.25, 0.3) is 0 Å². The second-order valence-corrected chi connectivity index (χ2v) is 9.38. The summed E-state index contributed by atoms with van der Waals surface area (Å²) in [6.45, 7) is 0. The molecule has 0 bridgehead atoms. The van der Waals surface area contributed by atoms with Crippen molar-refractivity contribution in [2.24, 2.45) is 0 Å². The zero-order valence-corrected chi connectivity index (χ0v) is 19.1. The van der Waals surface area contributed by atoms with Crippen LogP contribution < -0.4 is 0 Å². The van der Waals surface area contributed by atoms with Crippen LogP contribution in [0, 0.1) is 0 Å². The molecule has 0 aliphatic carbocycles. The number of hydrogen-bond donors (Lipinski definition) is 1. The molecule has 5 nitrogen and oxygen atoms in total. The summed E-state index contributed by atoms with van der Waals surface area (Å²) >= 11 is 3.33. The summed E-state index contributed by atoms with van der Waals surface area (Å²) in [4.78, 5) is 27.9. The molecule has 0 fully saturated rings. The summed E-state index contributed by atoms with van der Waals surface area (Å²) in [7, 11) is 0. The second kappa shape index (κ2) is 9.60. The molecule has 0 unspecified atom stereocenters. The average Bonchev–Trinajstić information content (AvgIpc) is 2.89. The van der Waals surface area contributed by atoms with Crippen LogP contribution in [-0.2, 0) is 4.79 Å². The first-order valence-electron chi connectivity index (χ1n) is 10.4. The monoisotopic (exact) mass is 469 g/mol. The van der Waals surface area contributed by atoms with Crippen LogP contribution in [0.4, 0.5) is 0 Å². The summed E-state index contributed by atoms with van der Waals surface area (Å²) < 4.78 is 0. The Hall–Kier alpha value is -3.42. The highest BCUT2D eigenvalue weighted by atomic mass is 32.2. The Bertz CT molecular complexity index is 1270. The topological polar surface area (TPSA) is 76.0 Å². The van der Waals surface area contributed by atoms with E-state index < -0.39 is 5.97 Å². The number of rotatable bonds is 5. The van der Waals surface area contributed by atoms with Gasteiger partial charge in [-0.15, -0.1) is 23.5 Å². The largest absolute Gasteiger partial charge is 0.478 e. The zero-order chi connectivity index (χ0) is 22.6. The average molecular weight is 470 g/mol. The Morgan fingerprint density at radius 1 is 0.909 bits per heavy atom. The number of aliphatic carboxylic acids is 1. The predicted octanol–water partition coefficient (Wildman–Crippen LogP) is 5.86. The molecule has 0 aromatic carbocycles. The number of aromatic nitrogens is 3. The third-order valence-corrected chi connectivity index (χ3v) is 7.47. The Kier molecular flexibility index (Phi) is 6.24. The molecule has 3 aromatic heterocycles. The fourth-order valence-electron chi connectivity index (χ4n) is 3.57. The van der Waals surface area contributed by atoms with Crippen LogP contribution in [0.3, 0.4) is 0 Å². The lowest BCUT2D eigenvalue weighted by atomic mass is 9.99. The fraction of sp³-hybridized carbons (Fsp3) is 0.0769. The van der Waals surface area contributed by atoms with Crippen molar-refractivity contribution in [2.45, 2.75) is 0 Å². The standard InChI is InChI=1S/C26H19N3O2S2/c30-26(31)18-13-19(25(33-16-18)24-9-3-6-12-32-24)17-14-22(20-7-1-4-10-27-20)29-23(15-17)21-8-2-5-11-28-21/h1-11,13-15H,12,16H2,(H,30,31). The maximum atomic E-state index is 11.8. The predicted molar refractivity (Wildman–Crippen MR) is 135 cm³/mol. The maximum Gasteiger partial charge on any atom is 0.332 e. The van der Waals surface area contributed by atoms with Gasteiger partial charge in [-0.2, -0.15) is 0 Å². The second-order valence-electron chi connectivity index (χ2n) is 7.33. The van der Waals surface area contributed by atoms with E-state index in [-0.39, 0.29) is 0 Å². The van der Waals surface area contributed by atoms with Crippen molar-refractivity contribution in [3.05, 3.63) is 106 Å². The molecule has 0 amide bonds. The minimum atomic E-state index is -0.895. The first kappa shape index (κ1) is 21.4. The lowest BCUT2D eigenvalue weighted by Crippen LogP contribution is -2.09. The highest BCUT2D eigenvalue weighted by molar-refractivity contribution is 8.08. The fourth-order valence-corrected chi connectivity index (χ4v) is 5.77. The number of allylic oxidation sites excluding steroid dienone is 4. The van der Waals surface area contributed by atoms with Gasteiger partial charge in [0, 0.05) is 39.3 Å². The molecule has 0 spiro atoms. The Morgan fingerprint density at radius 2 is 1.61 bits per heavy atom. The van der Waals surface area contributed by atoms with Crippen molar-refractivity contribution in [3.63, 3.8) is 0 Å². The summed E-state index contributed by atoms with van der Waals surface area (Å²) in [5.41, 5.74) is 5.08. The highest BCUT2D eigenvalue weighted by Gasteiger charge is 2.23. The van der Waals surface area contributed by atoms with Crippen molar-refractivity contribution in [2.75, 3.05) is 11.5 Å². The van der Waals surface area contributed by atoms with Crippen molar-refractivity contribution in [1.82, 2.24) is 15.0 Å². The third kappa shape index (κ3) is 4.69. The van der Waals surface area contributed by atoms with Gasteiger partial charge in [-0.05, 0) is 59.7 Å². The van der Waals surface area contributed by atoms with E-state index in [1.54, 1.807) is 42.0 Å². The molecule has 0 saturated heterocycles. The summed E-state index contributed by atoms with van der Waals surface area (Å²) in [6, 6.07) is 15.4. The van der Waals surface area contributed by atoms with Crippen molar-refractivity contribution >= 4 is 35.1 Å². The van der Waals surface area contributed by atoms with Crippen LogP contribution in [0.5, 0.6) is 0 Å². The van der Waals surface area contributed by atoms with Gasteiger partial charge >= 0.3 is 5.97 Å². The molecule has 7 heteroatoms. The molecule has 0 saturated carbocycles. The third-order valence-electron chi connectivity index (χ3n) is 5.14. The van der Waals surface area contributed by atoms with E-state index in [1.165, 1.54) is 0 Å². The van der Waals surface area contributed by atoms with E-state index in [4.69, 9.17) is 4.98 Å². The van der Waals surface area contributed by atoms with Crippen LogP contribution in [0.15, 0.2) is 101 Å². The first-order chi connectivity index (χ1) is 16.2. The molecular weight excluding hydrogens is 450 g/mol. The van der Waals surface area contributed by atoms with E-state index in [9.17, 15) is 9.90 Å². The number of thioether (sulfide) groups is 2. The normalized spacial score (nSPS) is 15.8. The number of nitrogens with zero attached hydrogens (tertiary/aromatic N) is 3. The van der Waals surface area contributed by atoms with E-state index >= 15 is 0 Å². The number of pyridine rings is 3. The Morgan fingerprint density at radius 3 is 2.15 bits per heavy atom. The number of carboxylic acids is 1. The number of carboxylic acid groups (broad SMARTS) is 1. The quantitative estimate of drug-likeness (QED) is 0.501. The van der Waals surface area contributed by atoms with Crippen molar-refractivity contribution in [1.29, 1.82) is 0 Å². The molecule has 0 atom stereocenters. The molecule has 5 rings (SSSR count). The van der Waals surface area contributed by atoms with Gasteiger partial charge in [0.05, 0.1) is 22.8 Å². The molecule has 5 heterocycles. The van der Waals surface area contributed by atoms with Gasteiger partial charge < -0.3 is 5.11 Å². The minimum absolute atomic E-state index is 0.381. The number of carbonyl (C=O) groups is 1. The van der Waals surface area contributed by atoms with E-state index in [0.29, 0.717) is 22.7 Å². The molecule has 0 radical (unpaired) electrons. The summed E-state index contributed by atoms with van der Waals surface area (Å²) in [5.74, 6) is 0.433. The zero-order valence-electron chi connectivity index (χ0n) is 17.5. The van der Waals surface area contributed by atoms with Crippen LogP contribution >= 0.6 is 23.5 Å². The first-order valence-corrected chi connectivity index (χ1v) is 12.3. The van der Waals surface area contributed by atoms with Gasteiger partial charge in [-0.3, -0.25) is 9.97 Å². The lowest BCUT2D eigenvalue weighted by Gasteiger charge is -2.22. The molecule has 3 aromatic rings. The molecular formula is C26H19N3O2S2. The summed E-state index contributed by atoms with van der Waals surface area (Å²) in [6.07, 6.45) is 11.5. The van der Waals surface area contributed by atoms with Crippen LogP contribution in [0.25, 0.3) is 28.3 Å². The smallest absolute Gasteiger partial charge is 0.332 e.